The maximum atomic E-state index is 11.9. The average molecular weight is 860 g/mol. The number of hydrogen-bond acceptors (Lipinski definition) is 8. The normalized spacial score (nSPS) is 11.1. The summed E-state index contributed by atoms with van der Waals surface area (Å²) < 4.78 is 70.3. The second kappa shape index (κ2) is 36.0. The van der Waals surface area contributed by atoms with E-state index in [0.29, 0.717) is 35.5 Å². The molecule has 3 aromatic rings. The summed E-state index contributed by atoms with van der Waals surface area (Å²) in [5, 5.41) is 10.9. The molecule has 0 saturated heterocycles. The van der Waals surface area contributed by atoms with E-state index >= 15 is 0 Å². The largest absolute Gasteiger partial charge is 1.00 e. The van der Waals surface area contributed by atoms with E-state index in [4.69, 9.17) is 0 Å². The average Bonchev–Trinajstić information content (AvgIpc) is 3.09. The molecule has 0 atom stereocenters. The van der Waals surface area contributed by atoms with Gasteiger partial charge in [0, 0.05) is 0 Å². The number of unbranched alkanes of at least 4 members (excludes halogenated alkanes) is 14. The van der Waals surface area contributed by atoms with Gasteiger partial charge in [-0.2, -0.15) is 0 Å². The van der Waals surface area contributed by atoms with Crippen molar-refractivity contribution in [3.05, 3.63) is 71.3 Å². The second-order valence-electron chi connectivity index (χ2n) is 15.3. The molecule has 0 amide bonds. The summed E-state index contributed by atoms with van der Waals surface area (Å²) in [6.07, 6.45) is 21.9. The Morgan fingerprint density at radius 1 is 0.596 bits per heavy atom. The van der Waals surface area contributed by atoms with Gasteiger partial charge >= 0.3 is 88.7 Å². The summed E-state index contributed by atoms with van der Waals surface area (Å²) in [6.45, 7) is 12.7. The first-order valence-corrected chi connectivity index (χ1v) is 23.2. The molecule has 0 radical (unpaired) electrons. The van der Waals surface area contributed by atoms with Crippen LogP contribution in [0.3, 0.4) is 0 Å². The zero-order valence-corrected chi connectivity index (χ0v) is 44.7. The van der Waals surface area contributed by atoms with Crippen molar-refractivity contribution in [2.75, 3.05) is 6.61 Å². The molecular formula is C44H70Na3O8S2+. The maximum Gasteiger partial charge on any atom is 1.00 e. The van der Waals surface area contributed by atoms with Crippen LogP contribution >= 0.6 is 0 Å². The fourth-order valence-electron chi connectivity index (χ4n) is 6.52. The summed E-state index contributed by atoms with van der Waals surface area (Å²) >= 11 is 0. The van der Waals surface area contributed by atoms with Gasteiger partial charge in [0.1, 0.15) is 15.9 Å². The maximum absolute atomic E-state index is 11.9. The van der Waals surface area contributed by atoms with Gasteiger partial charge in [-0.05, 0) is 77.5 Å². The summed E-state index contributed by atoms with van der Waals surface area (Å²) in [5.41, 5.74) is 2.78. The van der Waals surface area contributed by atoms with Crippen molar-refractivity contribution in [2.45, 2.75) is 168 Å². The monoisotopic (exact) mass is 859 g/mol. The van der Waals surface area contributed by atoms with E-state index in [1.165, 1.54) is 83.5 Å². The van der Waals surface area contributed by atoms with E-state index in [1.54, 1.807) is 18.2 Å². The Morgan fingerprint density at radius 3 is 1.53 bits per heavy atom. The first-order valence-electron chi connectivity index (χ1n) is 20.5. The molecular weight excluding hydrogens is 790 g/mol. The van der Waals surface area contributed by atoms with E-state index in [0.717, 1.165) is 42.2 Å². The summed E-state index contributed by atoms with van der Waals surface area (Å²) in [5.74, 6) is 1.13. The molecule has 0 aliphatic carbocycles. The number of hydrogen-bond donors (Lipinski definition) is 1. The number of phenols is 1. The number of aryl methyl sites for hydroxylation is 1. The first-order chi connectivity index (χ1) is 25.6. The van der Waals surface area contributed by atoms with Crippen LogP contribution in [0.15, 0.2) is 59.5 Å². The Hall–Kier alpha value is 0.500. The quantitative estimate of drug-likeness (QED) is 0.0628. The Morgan fingerprint density at radius 2 is 1.05 bits per heavy atom. The minimum Gasteiger partial charge on any atom is -0.744 e. The zero-order valence-electron chi connectivity index (χ0n) is 37.1. The molecule has 0 aliphatic heterocycles. The third-order valence-electron chi connectivity index (χ3n) is 9.20. The van der Waals surface area contributed by atoms with Gasteiger partial charge < -0.3 is 14.2 Å². The van der Waals surface area contributed by atoms with Crippen molar-refractivity contribution in [1.29, 1.82) is 0 Å². The molecule has 1 N–H and O–H groups in total. The van der Waals surface area contributed by atoms with Crippen LogP contribution in [0.4, 0.5) is 0 Å². The van der Waals surface area contributed by atoms with Crippen molar-refractivity contribution in [2.24, 2.45) is 11.8 Å². The molecule has 0 spiro atoms. The minimum absolute atomic E-state index is 0. The molecule has 8 nitrogen and oxygen atoms in total. The first kappa shape index (κ1) is 61.8. The number of para-hydroxylation sites is 1. The number of rotatable bonds is 24. The minimum atomic E-state index is -4.51. The van der Waals surface area contributed by atoms with E-state index in [9.17, 15) is 31.0 Å². The van der Waals surface area contributed by atoms with Crippen LogP contribution in [0, 0.1) is 11.8 Å². The molecule has 3 rings (SSSR count). The molecule has 0 fully saturated rings. The van der Waals surface area contributed by atoms with Gasteiger partial charge in [-0.3, -0.25) is 4.18 Å². The van der Waals surface area contributed by atoms with Gasteiger partial charge in [0.15, 0.2) is 0 Å². The molecule has 3 aromatic carbocycles. The van der Waals surface area contributed by atoms with Crippen LogP contribution in [0.2, 0.25) is 0 Å². The Labute approximate surface area is 414 Å². The van der Waals surface area contributed by atoms with Crippen molar-refractivity contribution in [1.82, 2.24) is 0 Å². The topological polar surface area (TPSA) is 144 Å². The molecule has 13 heteroatoms. The van der Waals surface area contributed by atoms with Crippen LogP contribution in [-0.4, -0.2) is 37.7 Å². The van der Waals surface area contributed by atoms with Crippen molar-refractivity contribution in [3.63, 3.8) is 0 Å². The van der Waals surface area contributed by atoms with Gasteiger partial charge in [-0.15, -0.1) is 0 Å². The van der Waals surface area contributed by atoms with Gasteiger partial charge in [0.05, 0.1) is 11.5 Å². The molecule has 0 aliphatic rings. The third-order valence-corrected chi connectivity index (χ3v) is 10.6. The predicted molar refractivity (Wildman–Crippen MR) is 222 cm³/mol. The van der Waals surface area contributed by atoms with Crippen LogP contribution in [-0.2, 0) is 44.0 Å². The van der Waals surface area contributed by atoms with Crippen LogP contribution in [0.1, 0.15) is 161 Å². The van der Waals surface area contributed by atoms with Gasteiger partial charge in [0.2, 0.25) is 10.4 Å². The van der Waals surface area contributed by atoms with Gasteiger partial charge in [-0.25, -0.2) is 16.8 Å². The second-order valence-corrected chi connectivity index (χ2v) is 17.6. The Bertz CT molecular complexity index is 1670. The number of phenolic OH excluding ortho intramolecular Hbond substituents is 1. The van der Waals surface area contributed by atoms with Crippen LogP contribution in [0.5, 0.6) is 5.75 Å². The summed E-state index contributed by atoms with van der Waals surface area (Å²) in [6, 6.07) is 16.9. The standard InChI is InChI=1S/C18H24O3S.C14H22O.C12H26O4S.3Na/c1-12(2)9-15-11-14-7-5-6-8-16(14)18(22(19,20)21)17(15)10-13(3)4;1-2-3-4-5-6-7-10-13-11-8-9-12-14(13)15;1-2-3-4-5-6-7-8-9-10-11-12-16-17(13,14)15;;;/h5-8,11-13H,9-10H2,1-4H3,(H,19,20,21);8-9,11-12,15H,2-7,10H2,1H3;2-12H2,1H3,(H,13,14,15);;;/q;;;3*+1/p-2. The van der Waals surface area contributed by atoms with Crippen molar-refractivity contribution < 1.29 is 124 Å². The number of aromatic hydroxyl groups is 1. The number of fused-ring (bicyclic) bond motifs is 1. The Balaban J connectivity index is -0.000000764. The van der Waals surface area contributed by atoms with E-state index < -0.39 is 20.5 Å². The van der Waals surface area contributed by atoms with Crippen molar-refractivity contribution >= 4 is 31.3 Å². The molecule has 0 bridgehead atoms. The molecule has 0 heterocycles. The molecule has 57 heavy (non-hydrogen) atoms. The summed E-state index contributed by atoms with van der Waals surface area (Å²) in [4.78, 5) is -0.0186. The molecule has 0 saturated carbocycles. The molecule has 308 valence electrons. The van der Waals surface area contributed by atoms with Gasteiger partial charge in [0.25, 0.3) is 0 Å². The van der Waals surface area contributed by atoms with Crippen LogP contribution < -0.4 is 88.7 Å². The Kier molecular flexibility index (Phi) is 39.1. The fourth-order valence-corrected chi connectivity index (χ4v) is 7.81. The smallest absolute Gasteiger partial charge is 0.744 e. The van der Waals surface area contributed by atoms with E-state index in [-0.39, 0.29) is 106 Å². The predicted octanol–water partition coefficient (Wildman–Crippen LogP) is 2.83. The zero-order chi connectivity index (χ0) is 40.4. The van der Waals surface area contributed by atoms with Crippen molar-refractivity contribution in [3.8, 4) is 5.75 Å². The fraction of sp³-hybridized carbons (Fsp3) is 0.636. The van der Waals surface area contributed by atoms with Gasteiger partial charge in [-0.1, -0.05) is 180 Å². The van der Waals surface area contributed by atoms with E-state index in [1.807, 2.05) is 50.2 Å². The van der Waals surface area contributed by atoms with E-state index in [2.05, 4.69) is 31.9 Å². The SMILES string of the molecule is CC(C)Cc1cc2ccccc2c(S(=O)(=O)[O-])c1CC(C)C.CCCCCCCCCCCCOS(=O)(=O)[O-].CCCCCCCCc1ccccc1O.[Na+].[Na+].[Na+]. The summed E-state index contributed by atoms with van der Waals surface area (Å²) in [7, 11) is -9.00. The number of benzene rings is 3. The molecule has 0 unspecified atom stereocenters. The van der Waals surface area contributed by atoms with Crippen LogP contribution in [0.25, 0.3) is 10.8 Å². The molecule has 0 aromatic heterocycles. The third kappa shape index (κ3) is 30.2.